The minimum atomic E-state index is -0.0741. The Bertz CT molecular complexity index is 940. The van der Waals surface area contributed by atoms with E-state index in [4.69, 9.17) is 32.4 Å². The summed E-state index contributed by atoms with van der Waals surface area (Å²) in [5.41, 5.74) is 1.75. The largest absolute Gasteiger partial charge is 0.486 e. The van der Waals surface area contributed by atoms with Crippen LogP contribution in [-0.2, 0) is 6.61 Å². The molecule has 0 fully saturated rings. The van der Waals surface area contributed by atoms with Crippen LogP contribution in [0.1, 0.15) is 27.4 Å². The fourth-order valence-electron chi connectivity index (χ4n) is 2.25. The Labute approximate surface area is 161 Å². The minimum Gasteiger partial charge on any atom is -0.486 e. The third kappa shape index (κ3) is 4.78. The molecule has 0 aliphatic heterocycles. The molecule has 0 atom stereocenters. The Kier molecular flexibility index (Phi) is 5.82. The van der Waals surface area contributed by atoms with Gasteiger partial charge in [0.1, 0.15) is 23.9 Å². The van der Waals surface area contributed by atoms with E-state index in [1.165, 1.54) is 6.08 Å². The Balaban J connectivity index is 1.59. The number of aryl methyl sites for hydroxylation is 1. The first-order valence-electron chi connectivity index (χ1n) is 7.97. The lowest BCUT2D eigenvalue weighted by molar-refractivity contribution is 0.104. The number of benzene rings is 2. The number of hydrogen-bond acceptors (Lipinski definition) is 3. The van der Waals surface area contributed by atoms with Crippen molar-refractivity contribution in [2.45, 2.75) is 13.5 Å². The van der Waals surface area contributed by atoms with Crippen LogP contribution < -0.4 is 4.74 Å². The van der Waals surface area contributed by atoms with Crippen molar-refractivity contribution in [3.8, 4) is 5.75 Å². The van der Waals surface area contributed by atoms with Crippen molar-refractivity contribution in [3.05, 3.63) is 93.4 Å². The van der Waals surface area contributed by atoms with Crippen LogP contribution in [0.15, 0.2) is 65.1 Å². The number of rotatable bonds is 6. The van der Waals surface area contributed by atoms with Gasteiger partial charge in [0, 0.05) is 11.6 Å². The van der Waals surface area contributed by atoms with E-state index in [0.717, 1.165) is 5.56 Å². The zero-order valence-corrected chi connectivity index (χ0v) is 15.6. The van der Waals surface area contributed by atoms with Crippen molar-refractivity contribution in [2.24, 2.45) is 0 Å². The second-order valence-corrected chi connectivity index (χ2v) is 6.55. The highest BCUT2D eigenvalue weighted by Gasteiger charge is 2.05. The van der Waals surface area contributed by atoms with Gasteiger partial charge in [0.05, 0.1) is 10.0 Å². The summed E-state index contributed by atoms with van der Waals surface area (Å²) in [4.78, 5) is 12.1. The molecule has 3 rings (SSSR count). The molecule has 0 saturated carbocycles. The van der Waals surface area contributed by atoms with Gasteiger partial charge in [-0.1, -0.05) is 53.0 Å². The summed E-state index contributed by atoms with van der Waals surface area (Å²) < 4.78 is 11.3. The molecule has 2 aromatic carbocycles. The van der Waals surface area contributed by atoms with Gasteiger partial charge < -0.3 is 9.15 Å². The van der Waals surface area contributed by atoms with Crippen molar-refractivity contribution in [2.75, 3.05) is 0 Å². The fourth-order valence-corrected chi connectivity index (χ4v) is 2.54. The van der Waals surface area contributed by atoms with E-state index in [1.54, 1.807) is 48.5 Å². The molecule has 0 radical (unpaired) electrons. The number of ketones is 1. The third-order valence-electron chi connectivity index (χ3n) is 3.69. The first kappa shape index (κ1) is 18.3. The summed E-state index contributed by atoms with van der Waals surface area (Å²) in [6.07, 6.45) is 3.14. The van der Waals surface area contributed by atoms with Gasteiger partial charge in [-0.05, 0) is 43.3 Å². The molecular formula is C21H16Cl2O3. The van der Waals surface area contributed by atoms with Gasteiger partial charge in [-0.25, -0.2) is 0 Å². The molecule has 0 bridgehead atoms. The van der Waals surface area contributed by atoms with E-state index in [2.05, 4.69) is 0 Å². The summed E-state index contributed by atoms with van der Waals surface area (Å²) in [6, 6.07) is 16.1. The van der Waals surface area contributed by atoms with Gasteiger partial charge in [-0.3, -0.25) is 4.79 Å². The van der Waals surface area contributed by atoms with Gasteiger partial charge in [-0.15, -0.1) is 0 Å². The molecule has 132 valence electrons. The van der Waals surface area contributed by atoms with E-state index in [1.807, 2.05) is 19.1 Å². The van der Waals surface area contributed by atoms with E-state index >= 15 is 0 Å². The maximum Gasteiger partial charge on any atom is 0.185 e. The molecule has 0 unspecified atom stereocenters. The summed E-state index contributed by atoms with van der Waals surface area (Å²) >= 11 is 11.8. The molecule has 0 N–H and O–H groups in total. The van der Waals surface area contributed by atoms with Crippen LogP contribution in [0.25, 0.3) is 6.08 Å². The fraction of sp³-hybridized carbons (Fsp3) is 0.0952. The zero-order chi connectivity index (χ0) is 18.5. The molecule has 0 saturated heterocycles. The number of allylic oxidation sites excluding steroid dienone is 1. The maximum atomic E-state index is 12.1. The highest BCUT2D eigenvalue weighted by molar-refractivity contribution is 6.42. The van der Waals surface area contributed by atoms with Crippen LogP contribution in [-0.4, -0.2) is 5.78 Å². The van der Waals surface area contributed by atoms with Gasteiger partial charge >= 0.3 is 0 Å². The lowest BCUT2D eigenvalue weighted by atomic mass is 10.1. The van der Waals surface area contributed by atoms with Crippen molar-refractivity contribution in [1.82, 2.24) is 0 Å². The number of ether oxygens (including phenoxy) is 1. The number of carbonyl (C=O) groups is 1. The lowest BCUT2D eigenvalue weighted by Crippen LogP contribution is -1.94. The van der Waals surface area contributed by atoms with Crippen LogP contribution in [0.5, 0.6) is 5.75 Å². The van der Waals surface area contributed by atoms with Crippen molar-refractivity contribution in [3.63, 3.8) is 0 Å². The van der Waals surface area contributed by atoms with Crippen LogP contribution in [0.3, 0.4) is 0 Å². The molecule has 3 aromatic rings. The molecule has 0 aliphatic carbocycles. The van der Waals surface area contributed by atoms with Gasteiger partial charge in [-0.2, -0.15) is 0 Å². The maximum absolute atomic E-state index is 12.1. The zero-order valence-electron chi connectivity index (χ0n) is 14.0. The quantitative estimate of drug-likeness (QED) is 0.364. The average molecular weight is 387 g/mol. The number of halogens is 2. The number of furan rings is 1. The highest BCUT2D eigenvalue weighted by atomic mass is 35.5. The second-order valence-electron chi connectivity index (χ2n) is 5.73. The summed E-state index contributed by atoms with van der Waals surface area (Å²) in [6.45, 7) is 2.23. The molecule has 1 heterocycles. The topological polar surface area (TPSA) is 39.4 Å². The van der Waals surface area contributed by atoms with Crippen LogP contribution in [0, 0.1) is 6.92 Å². The monoisotopic (exact) mass is 386 g/mol. The minimum absolute atomic E-state index is 0.0741. The van der Waals surface area contributed by atoms with Crippen molar-refractivity contribution < 1.29 is 13.9 Å². The first-order chi connectivity index (χ1) is 12.5. The predicted molar refractivity (Wildman–Crippen MR) is 104 cm³/mol. The second kappa shape index (κ2) is 8.26. The smallest absolute Gasteiger partial charge is 0.185 e. The van der Waals surface area contributed by atoms with Crippen molar-refractivity contribution in [1.29, 1.82) is 0 Å². The highest BCUT2D eigenvalue weighted by Crippen LogP contribution is 2.27. The molecule has 0 spiro atoms. The molecule has 3 nitrogen and oxygen atoms in total. The third-order valence-corrected chi connectivity index (χ3v) is 4.43. The predicted octanol–water partition coefficient (Wildman–Crippen LogP) is 6.37. The Morgan fingerprint density at radius 2 is 1.81 bits per heavy atom. The Hall–Kier alpha value is -2.49. The average Bonchev–Trinajstić information content (AvgIpc) is 3.09. The van der Waals surface area contributed by atoms with E-state index < -0.39 is 0 Å². The molecule has 0 amide bonds. The van der Waals surface area contributed by atoms with Gasteiger partial charge in [0.15, 0.2) is 5.78 Å². The van der Waals surface area contributed by atoms with E-state index in [9.17, 15) is 4.79 Å². The van der Waals surface area contributed by atoms with E-state index in [0.29, 0.717) is 32.9 Å². The van der Waals surface area contributed by atoms with Gasteiger partial charge in [0.2, 0.25) is 0 Å². The summed E-state index contributed by atoms with van der Waals surface area (Å²) in [5, 5.41) is 0.907. The molecule has 5 heteroatoms. The summed E-state index contributed by atoms with van der Waals surface area (Å²) in [7, 11) is 0. The van der Waals surface area contributed by atoms with Crippen LogP contribution in [0.4, 0.5) is 0 Å². The number of hydrogen-bond donors (Lipinski definition) is 0. The van der Waals surface area contributed by atoms with Crippen molar-refractivity contribution >= 4 is 35.1 Å². The molecule has 1 aromatic heterocycles. The molecule has 26 heavy (non-hydrogen) atoms. The first-order valence-corrected chi connectivity index (χ1v) is 8.72. The lowest BCUT2D eigenvalue weighted by Gasteiger charge is -2.05. The van der Waals surface area contributed by atoms with Gasteiger partial charge in [0.25, 0.3) is 0 Å². The number of carbonyl (C=O) groups excluding carboxylic acids is 1. The molecular weight excluding hydrogens is 371 g/mol. The standard InChI is InChI=1S/C21H16Cl2O3/c1-14-2-4-15(5-3-14)21(24)11-9-16-6-7-18(26-16)13-25-17-8-10-19(22)20(23)12-17/h2-12H,13H2,1H3/b11-9+. The van der Waals surface area contributed by atoms with Crippen LogP contribution >= 0.6 is 23.2 Å². The Morgan fingerprint density at radius 3 is 2.54 bits per heavy atom. The SMILES string of the molecule is Cc1ccc(C(=O)/C=C/c2ccc(COc3ccc(Cl)c(Cl)c3)o2)cc1. The van der Waals surface area contributed by atoms with E-state index in [-0.39, 0.29) is 12.4 Å². The summed E-state index contributed by atoms with van der Waals surface area (Å²) in [5.74, 6) is 1.74. The molecule has 0 aliphatic rings. The normalized spacial score (nSPS) is 11.0. The Morgan fingerprint density at radius 1 is 1.04 bits per heavy atom. The van der Waals surface area contributed by atoms with Crippen LogP contribution in [0.2, 0.25) is 10.0 Å².